The fourth-order valence-corrected chi connectivity index (χ4v) is 4.78. The van der Waals surface area contributed by atoms with Gasteiger partial charge in [-0.15, -0.1) is 0 Å². The molecule has 1 atom stereocenters. The van der Waals surface area contributed by atoms with Crippen molar-refractivity contribution in [2.24, 2.45) is 11.8 Å². The standard InChI is InChI=1S/C23H29N3O5/c27-21(16-3-4-16)24-20(23(29)25-9-1-2-10-25)15-7-11-26(12-8-15)22(28)17-5-6-18-19(13-17)31-14-30-18/h5-6,13,15-16,20H,1-4,7-12,14H2,(H,24,27). The van der Waals surface area contributed by atoms with E-state index in [0.29, 0.717) is 43.0 Å². The fraction of sp³-hybridized carbons (Fsp3) is 0.609. The first-order valence-electron chi connectivity index (χ1n) is 11.4. The average Bonchev–Trinajstić information content (AvgIpc) is 3.31. The maximum atomic E-state index is 13.2. The van der Waals surface area contributed by atoms with Gasteiger partial charge in [0.25, 0.3) is 5.91 Å². The number of carbonyl (C=O) groups is 3. The van der Waals surface area contributed by atoms with E-state index in [1.807, 2.05) is 9.80 Å². The molecule has 2 saturated heterocycles. The number of fused-ring (bicyclic) bond motifs is 1. The summed E-state index contributed by atoms with van der Waals surface area (Å²) in [5, 5.41) is 3.07. The first-order valence-corrected chi connectivity index (χ1v) is 11.4. The topological polar surface area (TPSA) is 88.2 Å². The molecule has 4 aliphatic rings. The number of hydrogen-bond acceptors (Lipinski definition) is 5. The van der Waals surface area contributed by atoms with Gasteiger partial charge in [0.1, 0.15) is 6.04 Å². The number of benzene rings is 1. The Labute approximate surface area is 181 Å². The van der Waals surface area contributed by atoms with Crippen LogP contribution in [0, 0.1) is 11.8 Å². The van der Waals surface area contributed by atoms with E-state index in [4.69, 9.17) is 9.47 Å². The van der Waals surface area contributed by atoms with Crippen molar-refractivity contribution in [3.8, 4) is 11.5 Å². The van der Waals surface area contributed by atoms with Gasteiger partial charge in [0.05, 0.1) is 0 Å². The van der Waals surface area contributed by atoms with Crippen molar-refractivity contribution in [1.29, 1.82) is 0 Å². The van der Waals surface area contributed by atoms with Crippen molar-refractivity contribution in [2.75, 3.05) is 33.0 Å². The molecule has 1 aliphatic carbocycles. The third-order valence-electron chi connectivity index (χ3n) is 6.85. The molecule has 31 heavy (non-hydrogen) atoms. The van der Waals surface area contributed by atoms with Crippen molar-refractivity contribution >= 4 is 17.7 Å². The summed E-state index contributed by atoms with van der Waals surface area (Å²) >= 11 is 0. The highest BCUT2D eigenvalue weighted by molar-refractivity contribution is 5.95. The Bertz CT molecular complexity index is 870. The molecule has 1 aromatic rings. The Balaban J connectivity index is 1.23. The van der Waals surface area contributed by atoms with E-state index in [0.717, 1.165) is 38.8 Å². The fourth-order valence-electron chi connectivity index (χ4n) is 4.78. The van der Waals surface area contributed by atoms with E-state index in [2.05, 4.69) is 5.32 Å². The zero-order valence-corrected chi connectivity index (χ0v) is 17.7. The molecule has 3 fully saturated rings. The van der Waals surface area contributed by atoms with Crippen molar-refractivity contribution in [1.82, 2.24) is 15.1 Å². The third-order valence-corrected chi connectivity index (χ3v) is 6.85. The summed E-state index contributed by atoms with van der Waals surface area (Å²) in [6.45, 7) is 2.87. The van der Waals surface area contributed by atoms with Gasteiger partial charge in [-0.05, 0) is 62.6 Å². The zero-order valence-electron chi connectivity index (χ0n) is 17.7. The van der Waals surface area contributed by atoms with Gasteiger partial charge in [-0.25, -0.2) is 0 Å². The molecule has 166 valence electrons. The predicted octanol–water partition coefficient (Wildman–Crippen LogP) is 1.78. The summed E-state index contributed by atoms with van der Waals surface area (Å²) in [5.74, 6) is 1.40. The van der Waals surface area contributed by atoms with Crippen molar-refractivity contribution in [3.63, 3.8) is 0 Å². The van der Waals surface area contributed by atoms with Crippen LogP contribution in [0.25, 0.3) is 0 Å². The van der Waals surface area contributed by atoms with Gasteiger partial charge in [0.15, 0.2) is 11.5 Å². The van der Waals surface area contributed by atoms with E-state index < -0.39 is 6.04 Å². The molecular formula is C23H29N3O5. The molecule has 1 N–H and O–H groups in total. The summed E-state index contributed by atoms with van der Waals surface area (Å²) in [6.07, 6.45) is 5.28. The Morgan fingerprint density at radius 2 is 1.61 bits per heavy atom. The largest absolute Gasteiger partial charge is 0.454 e. The summed E-state index contributed by atoms with van der Waals surface area (Å²) in [5.41, 5.74) is 0.578. The molecule has 1 unspecified atom stereocenters. The number of ether oxygens (including phenoxy) is 2. The molecule has 1 aromatic carbocycles. The lowest BCUT2D eigenvalue weighted by Gasteiger charge is -2.37. The molecule has 1 saturated carbocycles. The molecule has 8 nitrogen and oxygen atoms in total. The van der Waals surface area contributed by atoms with E-state index in [9.17, 15) is 14.4 Å². The normalized spacial score (nSPS) is 21.8. The Morgan fingerprint density at radius 3 is 2.32 bits per heavy atom. The molecule has 0 bridgehead atoms. The van der Waals surface area contributed by atoms with Crippen LogP contribution in [-0.4, -0.2) is 66.5 Å². The molecule has 3 heterocycles. The molecule has 5 rings (SSSR count). The molecule has 0 aromatic heterocycles. The van der Waals surface area contributed by atoms with Gasteiger partial charge >= 0.3 is 0 Å². The quantitative estimate of drug-likeness (QED) is 0.774. The van der Waals surface area contributed by atoms with Crippen molar-refractivity contribution in [3.05, 3.63) is 23.8 Å². The Morgan fingerprint density at radius 1 is 0.903 bits per heavy atom. The number of rotatable bonds is 5. The smallest absolute Gasteiger partial charge is 0.253 e. The van der Waals surface area contributed by atoms with Crippen LogP contribution in [0.5, 0.6) is 11.5 Å². The highest BCUT2D eigenvalue weighted by Crippen LogP contribution is 2.34. The van der Waals surface area contributed by atoms with Crippen molar-refractivity contribution in [2.45, 2.75) is 44.6 Å². The Hall–Kier alpha value is -2.77. The number of nitrogens with one attached hydrogen (secondary N) is 1. The van der Waals surface area contributed by atoms with Crippen LogP contribution in [0.1, 0.15) is 48.9 Å². The van der Waals surface area contributed by atoms with E-state index >= 15 is 0 Å². The molecule has 3 aliphatic heterocycles. The zero-order chi connectivity index (χ0) is 21.4. The van der Waals surface area contributed by atoms with Gasteiger partial charge in [-0.2, -0.15) is 0 Å². The maximum absolute atomic E-state index is 13.2. The lowest BCUT2D eigenvalue weighted by molar-refractivity contribution is -0.138. The third kappa shape index (κ3) is 4.20. The van der Waals surface area contributed by atoms with Gasteiger partial charge in [-0.1, -0.05) is 0 Å². The summed E-state index contributed by atoms with van der Waals surface area (Å²) in [7, 11) is 0. The number of carbonyl (C=O) groups excluding carboxylic acids is 3. The highest BCUT2D eigenvalue weighted by Gasteiger charge is 2.39. The summed E-state index contributed by atoms with van der Waals surface area (Å²) in [6, 6.07) is 4.78. The first-order chi connectivity index (χ1) is 15.1. The minimum absolute atomic E-state index is 0.0106. The molecule has 0 spiro atoms. The first kappa shape index (κ1) is 20.2. The van der Waals surface area contributed by atoms with Crippen LogP contribution in [0.4, 0.5) is 0 Å². The van der Waals surface area contributed by atoms with Crippen molar-refractivity contribution < 1.29 is 23.9 Å². The number of amides is 3. The number of likely N-dealkylation sites (tertiary alicyclic amines) is 2. The van der Waals surface area contributed by atoms with E-state index in [-0.39, 0.29) is 36.4 Å². The van der Waals surface area contributed by atoms with Crippen LogP contribution >= 0.6 is 0 Å². The summed E-state index contributed by atoms with van der Waals surface area (Å²) in [4.78, 5) is 42.3. The summed E-state index contributed by atoms with van der Waals surface area (Å²) < 4.78 is 10.7. The van der Waals surface area contributed by atoms with Gasteiger partial charge in [0.2, 0.25) is 18.6 Å². The van der Waals surface area contributed by atoms with Crippen LogP contribution in [0.15, 0.2) is 18.2 Å². The van der Waals surface area contributed by atoms with Crippen LogP contribution in [0.3, 0.4) is 0 Å². The number of piperidine rings is 1. The van der Waals surface area contributed by atoms with Gasteiger partial charge < -0.3 is 24.6 Å². The lowest BCUT2D eigenvalue weighted by atomic mass is 9.88. The maximum Gasteiger partial charge on any atom is 0.253 e. The van der Waals surface area contributed by atoms with Crippen LogP contribution in [0.2, 0.25) is 0 Å². The molecule has 0 radical (unpaired) electrons. The highest BCUT2D eigenvalue weighted by atomic mass is 16.7. The van der Waals surface area contributed by atoms with E-state index in [1.54, 1.807) is 18.2 Å². The second-order valence-corrected chi connectivity index (χ2v) is 8.99. The Kier molecular flexibility index (Phi) is 5.46. The van der Waals surface area contributed by atoms with Crippen LogP contribution < -0.4 is 14.8 Å². The van der Waals surface area contributed by atoms with Crippen LogP contribution in [-0.2, 0) is 9.59 Å². The second-order valence-electron chi connectivity index (χ2n) is 8.99. The average molecular weight is 428 g/mol. The van der Waals surface area contributed by atoms with Gasteiger partial charge in [-0.3, -0.25) is 14.4 Å². The second kappa shape index (κ2) is 8.40. The SMILES string of the molecule is O=C(NC(C(=O)N1CCCC1)C1CCN(C(=O)c2ccc3c(c2)OCO3)CC1)C1CC1. The number of hydrogen-bond donors (Lipinski definition) is 1. The minimum atomic E-state index is -0.478. The van der Waals surface area contributed by atoms with E-state index in [1.165, 1.54) is 0 Å². The predicted molar refractivity (Wildman–Crippen MR) is 112 cm³/mol. The molecule has 8 heteroatoms. The minimum Gasteiger partial charge on any atom is -0.454 e. The van der Waals surface area contributed by atoms with Gasteiger partial charge in [0, 0.05) is 37.7 Å². The number of nitrogens with zero attached hydrogens (tertiary/aromatic N) is 2. The lowest BCUT2D eigenvalue weighted by Crippen LogP contribution is -2.54. The molecule has 3 amide bonds. The molecular weight excluding hydrogens is 398 g/mol. The monoisotopic (exact) mass is 427 g/mol.